The standard InChI is InChI=1S/C11H10F3N3O/c12-11(13,14)18-8-3-1-7(2-4-8)9-5-6-10(15)17-16-9/h1-4H,5-6H2,(H2,15,17). The van der Waals surface area contributed by atoms with Gasteiger partial charge in [-0.2, -0.15) is 5.10 Å². The molecular weight excluding hydrogens is 247 g/mol. The van der Waals surface area contributed by atoms with Crippen molar-refractivity contribution in [3.05, 3.63) is 29.8 Å². The van der Waals surface area contributed by atoms with Crippen molar-refractivity contribution >= 4 is 11.5 Å². The van der Waals surface area contributed by atoms with Crippen LogP contribution in [0, 0.1) is 0 Å². The summed E-state index contributed by atoms with van der Waals surface area (Å²) in [6, 6.07) is 5.51. The Morgan fingerprint density at radius 1 is 1.06 bits per heavy atom. The van der Waals surface area contributed by atoms with Gasteiger partial charge in [0.1, 0.15) is 11.6 Å². The van der Waals surface area contributed by atoms with E-state index in [9.17, 15) is 13.2 Å². The second-order valence-electron chi connectivity index (χ2n) is 3.71. The lowest BCUT2D eigenvalue weighted by molar-refractivity contribution is -0.274. The van der Waals surface area contributed by atoms with E-state index in [1.165, 1.54) is 24.3 Å². The maximum absolute atomic E-state index is 12.0. The molecule has 0 aromatic heterocycles. The average Bonchev–Trinajstić information content (AvgIpc) is 2.29. The van der Waals surface area contributed by atoms with Gasteiger partial charge >= 0.3 is 6.36 Å². The number of ether oxygens (including phenoxy) is 1. The van der Waals surface area contributed by atoms with Crippen LogP contribution < -0.4 is 10.5 Å². The highest BCUT2D eigenvalue weighted by Crippen LogP contribution is 2.23. The van der Waals surface area contributed by atoms with E-state index in [-0.39, 0.29) is 5.75 Å². The molecule has 0 saturated heterocycles. The van der Waals surface area contributed by atoms with Crippen molar-refractivity contribution in [2.45, 2.75) is 19.2 Å². The number of halogens is 3. The number of rotatable bonds is 2. The van der Waals surface area contributed by atoms with Crippen LogP contribution >= 0.6 is 0 Å². The van der Waals surface area contributed by atoms with Crippen molar-refractivity contribution in [3.8, 4) is 5.75 Å². The lowest BCUT2D eigenvalue weighted by Crippen LogP contribution is -2.18. The highest BCUT2D eigenvalue weighted by atomic mass is 19.4. The Balaban J connectivity index is 2.13. The molecule has 0 amide bonds. The number of benzene rings is 1. The molecule has 96 valence electrons. The molecule has 0 fully saturated rings. The van der Waals surface area contributed by atoms with Gasteiger partial charge in [-0.05, 0) is 36.2 Å². The number of hydrogen-bond donors (Lipinski definition) is 1. The molecule has 4 nitrogen and oxygen atoms in total. The van der Waals surface area contributed by atoms with Crippen LogP contribution in [0.4, 0.5) is 13.2 Å². The van der Waals surface area contributed by atoms with Gasteiger partial charge in [-0.3, -0.25) is 0 Å². The summed E-state index contributed by atoms with van der Waals surface area (Å²) < 4.78 is 39.7. The van der Waals surface area contributed by atoms with E-state index in [4.69, 9.17) is 5.73 Å². The van der Waals surface area contributed by atoms with Crippen molar-refractivity contribution in [1.82, 2.24) is 0 Å². The van der Waals surface area contributed by atoms with E-state index in [1.54, 1.807) is 0 Å². The first-order chi connectivity index (χ1) is 8.44. The fourth-order valence-corrected chi connectivity index (χ4v) is 1.52. The molecule has 1 aliphatic rings. The van der Waals surface area contributed by atoms with E-state index in [0.29, 0.717) is 30.0 Å². The van der Waals surface area contributed by atoms with Crippen LogP contribution in [0.1, 0.15) is 18.4 Å². The average molecular weight is 257 g/mol. The zero-order valence-corrected chi connectivity index (χ0v) is 9.24. The lowest BCUT2D eigenvalue weighted by atomic mass is 10.0. The van der Waals surface area contributed by atoms with E-state index in [0.717, 1.165) is 0 Å². The molecule has 1 aromatic carbocycles. The van der Waals surface area contributed by atoms with Crippen LogP contribution in [0.3, 0.4) is 0 Å². The summed E-state index contributed by atoms with van der Waals surface area (Å²) in [5, 5.41) is 7.64. The predicted octanol–water partition coefficient (Wildman–Crippen LogP) is 2.44. The topological polar surface area (TPSA) is 60.0 Å². The minimum atomic E-state index is -4.68. The zero-order chi connectivity index (χ0) is 13.2. The number of alkyl halides is 3. The summed E-state index contributed by atoms with van der Waals surface area (Å²) in [6.07, 6.45) is -3.46. The van der Waals surface area contributed by atoms with Crippen molar-refractivity contribution in [3.63, 3.8) is 0 Å². The van der Waals surface area contributed by atoms with Crippen LogP contribution in [0.15, 0.2) is 34.5 Å². The molecule has 0 bridgehead atoms. The Morgan fingerprint density at radius 3 is 2.22 bits per heavy atom. The van der Waals surface area contributed by atoms with E-state index < -0.39 is 6.36 Å². The van der Waals surface area contributed by atoms with E-state index in [1.807, 2.05) is 0 Å². The smallest absolute Gasteiger partial charge is 0.406 e. The Kier molecular flexibility index (Phi) is 3.22. The van der Waals surface area contributed by atoms with Crippen molar-refractivity contribution in [2.75, 3.05) is 0 Å². The third-order valence-electron chi connectivity index (χ3n) is 2.34. The third-order valence-corrected chi connectivity index (χ3v) is 2.34. The lowest BCUT2D eigenvalue weighted by Gasteiger charge is -2.11. The maximum Gasteiger partial charge on any atom is 0.573 e. The number of nitrogens with two attached hydrogens (primary N) is 1. The Bertz CT molecular complexity index is 491. The molecule has 7 heteroatoms. The Labute approximate surface area is 101 Å². The largest absolute Gasteiger partial charge is 0.573 e. The van der Waals surface area contributed by atoms with Crippen LogP contribution in [-0.2, 0) is 0 Å². The van der Waals surface area contributed by atoms with Gasteiger partial charge in [0.05, 0.1) is 5.71 Å². The SMILES string of the molecule is NC1=NN=C(c2ccc(OC(F)(F)F)cc2)CC1. The first-order valence-corrected chi connectivity index (χ1v) is 5.19. The number of hydrogen-bond acceptors (Lipinski definition) is 4. The summed E-state index contributed by atoms with van der Waals surface area (Å²) in [7, 11) is 0. The highest BCUT2D eigenvalue weighted by Gasteiger charge is 2.31. The molecule has 0 aliphatic carbocycles. The molecule has 2 rings (SSSR count). The van der Waals surface area contributed by atoms with Gasteiger partial charge in [-0.1, -0.05) is 0 Å². The first-order valence-electron chi connectivity index (χ1n) is 5.19. The van der Waals surface area contributed by atoms with Crippen LogP contribution in [0.2, 0.25) is 0 Å². The molecule has 0 radical (unpaired) electrons. The molecule has 1 aliphatic heterocycles. The summed E-state index contributed by atoms with van der Waals surface area (Å²) in [4.78, 5) is 0. The first kappa shape index (κ1) is 12.4. The summed E-state index contributed by atoms with van der Waals surface area (Å²) in [5.41, 5.74) is 6.87. The molecular formula is C11H10F3N3O. The number of nitrogens with zero attached hydrogens (tertiary/aromatic N) is 2. The molecule has 1 heterocycles. The fraction of sp³-hybridized carbons (Fsp3) is 0.273. The Morgan fingerprint density at radius 2 is 1.72 bits per heavy atom. The molecule has 0 atom stereocenters. The van der Waals surface area contributed by atoms with Crippen molar-refractivity contribution in [2.24, 2.45) is 15.9 Å². The maximum atomic E-state index is 12.0. The fourth-order valence-electron chi connectivity index (χ4n) is 1.52. The van der Waals surface area contributed by atoms with Crippen LogP contribution in [0.25, 0.3) is 0 Å². The molecule has 0 saturated carbocycles. The number of amidine groups is 1. The molecule has 0 spiro atoms. The predicted molar refractivity (Wildman–Crippen MR) is 60.5 cm³/mol. The zero-order valence-electron chi connectivity index (χ0n) is 9.24. The van der Waals surface area contributed by atoms with Crippen molar-refractivity contribution in [1.29, 1.82) is 0 Å². The van der Waals surface area contributed by atoms with Crippen molar-refractivity contribution < 1.29 is 17.9 Å². The van der Waals surface area contributed by atoms with Crippen LogP contribution in [0.5, 0.6) is 5.75 Å². The van der Waals surface area contributed by atoms with Gasteiger partial charge in [-0.15, -0.1) is 18.3 Å². The minimum absolute atomic E-state index is 0.259. The third kappa shape index (κ3) is 3.22. The highest BCUT2D eigenvalue weighted by molar-refractivity contribution is 6.04. The quantitative estimate of drug-likeness (QED) is 0.884. The Hall–Kier alpha value is -2.05. The molecule has 0 unspecified atom stereocenters. The van der Waals surface area contributed by atoms with Gasteiger partial charge in [-0.25, -0.2) is 0 Å². The molecule has 1 aromatic rings. The van der Waals surface area contributed by atoms with E-state index >= 15 is 0 Å². The second kappa shape index (κ2) is 4.67. The molecule has 18 heavy (non-hydrogen) atoms. The van der Waals surface area contributed by atoms with Gasteiger partial charge in [0, 0.05) is 6.42 Å². The normalized spacial score (nSPS) is 15.9. The van der Waals surface area contributed by atoms with Gasteiger partial charge in [0.2, 0.25) is 0 Å². The minimum Gasteiger partial charge on any atom is -0.406 e. The summed E-state index contributed by atoms with van der Waals surface area (Å²) in [5.74, 6) is 0.196. The second-order valence-corrected chi connectivity index (χ2v) is 3.71. The molecule has 2 N–H and O–H groups in total. The van der Waals surface area contributed by atoms with Gasteiger partial charge in [0.25, 0.3) is 0 Å². The summed E-state index contributed by atoms with van der Waals surface area (Å²) >= 11 is 0. The van der Waals surface area contributed by atoms with Gasteiger partial charge < -0.3 is 10.5 Å². The summed E-state index contributed by atoms with van der Waals surface area (Å²) in [6.45, 7) is 0. The van der Waals surface area contributed by atoms with Crippen LogP contribution in [-0.4, -0.2) is 17.9 Å². The van der Waals surface area contributed by atoms with Gasteiger partial charge in [0.15, 0.2) is 0 Å². The van der Waals surface area contributed by atoms with E-state index in [2.05, 4.69) is 14.9 Å². The monoisotopic (exact) mass is 257 g/mol.